The highest BCUT2D eigenvalue weighted by Crippen LogP contribution is 2.42. The van der Waals surface area contributed by atoms with Crippen LogP contribution >= 0.6 is 0 Å². The molecule has 0 bridgehead atoms. The van der Waals surface area contributed by atoms with Gasteiger partial charge in [-0.3, -0.25) is 9.59 Å². The SMILES string of the molecule is CCCOc1ccc([C@@H]2C(=C(O)c3ccc4c(c3)C[C@H](C)O4)C(=O)C(=O)N2CCN(C)C)cc1OCC. The fourth-order valence-electron chi connectivity index (χ4n) is 4.78. The third-order valence-electron chi connectivity index (χ3n) is 6.54. The number of likely N-dealkylation sites (N-methyl/N-ethyl adjacent to an activating group) is 1. The molecule has 0 aromatic heterocycles. The molecule has 37 heavy (non-hydrogen) atoms. The van der Waals surface area contributed by atoms with E-state index >= 15 is 0 Å². The molecular weight excluding hydrogens is 472 g/mol. The minimum absolute atomic E-state index is 0.0504. The van der Waals surface area contributed by atoms with E-state index in [1.807, 2.05) is 51.9 Å². The van der Waals surface area contributed by atoms with Crippen molar-refractivity contribution in [2.45, 2.75) is 45.8 Å². The first-order valence-corrected chi connectivity index (χ1v) is 12.9. The topological polar surface area (TPSA) is 88.5 Å². The zero-order valence-corrected chi connectivity index (χ0v) is 22.2. The molecule has 1 saturated heterocycles. The van der Waals surface area contributed by atoms with E-state index in [-0.39, 0.29) is 17.4 Å². The van der Waals surface area contributed by atoms with E-state index in [1.165, 1.54) is 4.90 Å². The Labute approximate surface area is 218 Å². The lowest BCUT2D eigenvalue weighted by Gasteiger charge is -2.27. The zero-order chi connectivity index (χ0) is 26.7. The Balaban J connectivity index is 1.82. The normalized spacial score (nSPS) is 20.3. The summed E-state index contributed by atoms with van der Waals surface area (Å²) in [6.45, 7) is 7.76. The summed E-state index contributed by atoms with van der Waals surface area (Å²) < 4.78 is 17.5. The van der Waals surface area contributed by atoms with Crippen molar-refractivity contribution in [1.82, 2.24) is 9.80 Å². The number of carbonyl (C=O) groups is 2. The number of rotatable bonds is 10. The number of aliphatic hydroxyl groups is 1. The van der Waals surface area contributed by atoms with Crippen LogP contribution in [0.5, 0.6) is 17.2 Å². The van der Waals surface area contributed by atoms with Gasteiger partial charge in [-0.2, -0.15) is 0 Å². The summed E-state index contributed by atoms with van der Waals surface area (Å²) in [5.74, 6) is 0.394. The summed E-state index contributed by atoms with van der Waals surface area (Å²) in [4.78, 5) is 30.1. The molecule has 4 rings (SSSR count). The van der Waals surface area contributed by atoms with Crippen LogP contribution < -0.4 is 14.2 Å². The molecule has 1 fully saturated rings. The molecule has 2 heterocycles. The molecule has 1 N–H and O–H groups in total. The first-order chi connectivity index (χ1) is 17.7. The number of benzene rings is 2. The van der Waals surface area contributed by atoms with Crippen LogP contribution in [0.3, 0.4) is 0 Å². The summed E-state index contributed by atoms with van der Waals surface area (Å²) in [5, 5.41) is 11.4. The standard InChI is InChI=1S/C29H36N2O6/c1-6-14-36-23-11-8-19(17-24(23)35-7-2)26-25(28(33)29(34)31(26)13-12-30(4)5)27(32)20-9-10-22-21(16-20)15-18(3)37-22/h8-11,16-18,26,32H,6-7,12-15H2,1-5H3/t18-,26+/m0/s1. The fraction of sp³-hybridized carbons (Fsp3) is 0.448. The van der Waals surface area contributed by atoms with Gasteiger partial charge in [0, 0.05) is 25.1 Å². The second-order valence-corrected chi connectivity index (χ2v) is 9.74. The quantitative estimate of drug-likeness (QED) is 0.293. The van der Waals surface area contributed by atoms with E-state index in [4.69, 9.17) is 14.2 Å². The maximum absolute atomic E-state index is 13.4. The van der Waals surface area contributed by atoms with Crippen molar-refractivity contribution in [3.05, 3.63) is 58.7 Å². The zero-order valence-electron chi connectivity index (χ0n) is 22.2. The minimum Gasteiger partial charge on any atom is -0.507 e. The van der Waals surface area contributed by atoms with Crippen LogP contribution in [0.25, 0.3) is 5.76 Å². The lowest BCUT2D eigenvalue weighted by molar-refractivity contribution is -0.140. The largest absolute Gasteiger partial charge is 0.507 e. The van der Waals surface area contributed by atoms with E-state index < -0.39 is 17.7 Å². The van der Waals surface area contributed by atoms with E-state index in [2.05, 4.69) is 0 Å². The summed E-state index contributed by atoms with van der Waals surface area (Å²) in [7, 11) is 3.82. The summed E-state index contributed by atoms with van der Waals surface area (Å²) in [5.41, 5.74) is 2.19. The summed E-state index contributed by atoms with van der Waals surface area (Å²) >= 11 is 0. The molecule has 2 aliphatic heterocycles. The highest BCUT2D eigenvalue weighted by Gasteiger charge is 2.46. The van der Waals surface area contributed by atoms with Gasteiger partial charge in [0.05, 0.1) is 24.8 Å². The Hall–Kier alpha value is -3.52. The van der Waals surface area contributed by atoms with Crippen molar-refractivity contribution in [2.75, 3.05) is 40.4 Å². The van der Waals surface area contributed by atoms with E-state index in [0.717, 1.165) is 17.7 Å². The van der Waals surface area contributed by atoms with Crippen molar-refractivity contribution < 1.29 is 28.9 Å². The molecular formula is C29H36N2O6. The van der Waals surface area contributed by atoms with Gasteiger partial charge in [0.25, 0.3) is 11.7 Å². The molecule has 0 aliphatic carbocycles. The summed E-state index contributed by atoms with van der Waals surface area (Å²) in [6, 6.07) is 10.0. The number of nitrogens with zero attached hydrogens (tertiary/aromatic N) is 2. The number of carbonyl (C=O) groups excluding carboxylic acids is 2. The van der Waals surface area contributed by atoms with Crippen LogP contribution in [0.15, 0.2) is 42.0 Å². The van der Waals surface area contributed by atoms with Crippen molar-refractivity contribution in [3.63, 3.8) is 0 Å². The number of ketones is 1. The second kappa shape index (κ2) is 11.3. The number of hydrogen-bond acceptors (Lipinski definition) is 7. The maximum Gasteiger partial charge on any atom is 0.295 e. The number of aliphatic hydroxyl groups excluding tert-OH is 1. The second-order valence-electron chi connectivity index (χ2n) is 9.74. The Morgan fingerprint density at radius 3 is 2.59 bits per heavy atom. The Morgan fingerprint density at radius 1 is 1.11 bits per heavy atom. The average Bonchev–Trinajstić information content (AvgIpc) is 3.36. The number of ether oxygens (including phenoxy) is 3. The number of likely N-dealkylation sites (tertiary alicyclic amines) is 1. The lowest BCUT2D eigenvalue weighted by Crippen LogP contribution is -2.35. The highest BCUT2D eigenvalue weighted by atomic mass is 16.5. The van der Waals surface area contributed by atoms with Gasteiger partial charge in [0.15, 0.2) is 11.5 Å². The molecule has 2 atom stereocenters. The van der Waals surface area contributed by atoms with Gasteiger partial charge in [0.2, 0.25) is 0 Å². The number of fused-ring (bicyclic) bond motifs is 1. The molecule has 0 unspecified atom stereocenters. The van der Waals surface area contributed by atoms with Crippen molar-refractivity contribution in [3.8, 4) is 17.2 Å². The molecule has 8 nitrogen and oxygen atoms in total. The predicted octanol–water partition coefficient (Wildman–Crippen LogP) is 4.18. The molecule has 198 valence electrons. The number of Topliss-reactive ketones (excluding diaryl/α,β-unsaturated/α-hetero) is 1. The molecule has 2 aromatic rings. The minimum atomic E-state index is -0.761. The van der Waals surface area contributed by atoms with Gasteiger partial charge in [-0.15, -0.1) is 0 Å². The van der Waals surface area contributed by atoms with Crippen LogP contribution in [0.1, 0.15) is 49.9 Å². The maximum atomic E-state index is 13.4. The van der Waals surface area contributed by atoms with Crippen LogP contribution in [0.2, 0.25) is 0 Å². The van der Waals surface area contributed by atoms with Crippen molar-refractivity contribution in [2.24, 2.45) is 0 Å². The van der Waals surface area contributed by atoms with Gasteiger partial charge in [-0.05, 0) is 75.8 Å². The Morgan fingerprint density at radius 2 is 1.89 bits per heavy atom. The average molecular weight is 509 g/mol. The first kappa shape index (κ1) is 26.5. The monoisotopic (exact) mass is 508 g/mol. The molecule has 8 heteroatoms. The van der Waals surface area contributed by atoms with E-state index in [9.17, 15) is 14.7 Å². The first-order valence-electron chi connectivity index (χ1n) is 12.9. The van der Waals surface area contributed by atoms with Crippen LogP contribution in [-0.2, 0) is 16.0 Å². The van der Waals surface area contributed by atoms with Crippen LogP contribution in [0.4, 0.5) is 0 Å². The van der Waals surface area contributed by atoms with Gasteiger partial charge in [0.1, 0.15) is 17.6 Å². The third kappa shape index (κ3) is 5.44. The number of hydrogen-bond donors (Lipinski definition) is 1. The fourth-order valence-corrected chi connectivity index (χ4v) is 4.78. The lowest BCUT2D eigenvalue weighted by atomic mass is 9.94. The van der Waals surface area contributed by atoms with Gasteiger partial charge < -0.3 is 29.1 Å². The Kier molecular flexibility index (Phi) is 8.07. The molecule has 1 amide bonds. The number of amides is 1. The van der Waals surface area contributed by atoms with Crippen molar-refractivity contribution in [1.29, 1.82) is 0 Å². The predicted molar refractivity (Wildman–Crippen MR) is 141 cm³/mol. The highest BCUT2D eigenvalue weighted by molar-refractivity contribution is 6.46. The van der Waals surface area contributed by atoms with Crippen LogP contribution in [0, 0.1) is 0 Å². The smallest absolute Gasteiger partial charge is 0.295 e. The molecule has 2 aliphatic rings. The van der Waals surface area contributed by atoms with Gasteiger partial charge in [-0.25, -0.2) is 0 Å². The molecule has 0 saturated carbocycles. The molecule has 0 spiro atoms. The van der Waals surface area contributed by atoms with Crippen molar-refractivity contribution >= 4 is 17.4 Å². The molecule has 2 aromatic carbocycles. The van der Waals surface area contributed by atoms with Gasteiger partial charge >= 0.3 is 0 Å². The third-order valence-corrected chi connectivity index (χ3v) is 6.54. The Bertz CT molecular complexity index is 1200. The van der Waals surface area contributed by atoms with Crippen LogP contribution in [-0.4, -0.2) is 73.1 Å². The molecule has 0 radical (unpaired) electrons. The van der Waals surface area contributed by atoms with E-state index in [1.54, 1.807) is 24.3 Å². The summed E-state index contributed by atoms with van der Waals surface area (Å²) in [6.07, 6.45) is 1.62. The van der Waals surface area contributed by atoms with Gasteiger partial charge in [-0.1, -0.05) is 13.0 Å². The van der Waals surface area contributed by atoms with E-state index in [0.29, 0.717) is 55.4 Å².